The number of nitrogens with two attached hydrogens (primary N) is 1. The number of nitriles is 1. The van der Waals surface area contributed by atoms with Crippen molar-refractivity contribution in [1.82, 2.24) is 0 Å². The Morgan fingerprint density at radius 3 is 2.44 bits per heavy atom. The molecule has 6 heteroatoms. The summed E-state index contributed by atoms with van der Waals surface area (Å²) in [5.41, 5.74) is 6.36. The van der Waals surface area contributed by atoms with Gasteiger partial charge in [0.15, 0.2) is 0 Å². The van der Waals surface area contributed by atoms with Crippen molar-refractivity contribution < 1.29 is 9.47 Å². The molecule has 0 spiro atoms. The minimum Gasteiger partial charge on any atom is -0.496 e. The Morgan fingerprint density at radius 1 is 1.39 bits per heavy atom. The maximum atomic E-state index is 8.93. The van der Waals surface area contributed by atoms with Gasteiger partial charge in [-0.2, -0.15) is 5.26 Å². The van der Waals surface area contributed by atoms with Gasteiger partial charge in [-0.1, -0.05) is 12.2 Å². The highest BCUT2D eigenvalue weighted by Gasteiger charge is 2.09. The average Bonchev–Trinajstić information content (AvgIpc) is 2.35. The lowest BCUT2D eigenvalue weighted by molar-refractivity contribution is 0.392. The van der Waals surface area contributed by atoms with Crippen LogP contribution in [0.4, 0.5) is 0 Å². The predicted octanol–water partition coefficient (Wildman–Crippen LogP) is 2.66. The van der Waals surface area contributed by atoms with Crippen LogP contribution in [0.5, 0.6) is 11.5 Å². The molecule has 1 aromatic carbocycles. The number of benzene rings is 1. The average molecular weight is 327 g/mol. The summed E-state index contributed by atoms with van der Waals surface area (Å²) in [5.74, 6) is 1.21. The van der Waals surface area contributed by atoms with E-state index in [0.29, 0.717) is 17.1 Å². The Hall–Kier alpha value is -1.58. The van der Waals surface area contributed by atoms with E-state index in [2.05, 4.69) is 15.9 Å². The van der Waals surface area contributed by atoms with E-state index in [0.717, 1.165) is 4.47 Å². The lowest BCUT2D eigenvalue weighted by atomic mass is 10.1. The zero-order valence-corrected chi connectivity index (χ0v) is 12.3. The first-order valence-electron chi connectivity index (χ1n) is 4.86. The lowest BCUT2D eigenvalue weighted by Gasteiger charge is -2.10. The summed E-state index contributed by atoms with van der Waals surface area (Å²) in [4.78, 5) is 0.0477. The number of rotatable bonds is 4. The van der Waals surface area contributed by atoms with E-state index in [4.69, 9.17) is 32.7 Å². The van der Waals surface area contributed by atoms with Gasteiger partial charge in [-0.05, 0) is 28.1 Å². The Morgan fingerprint density at radius 2 is 2.00 bits per heavy atom. The first-order chi connectivity index (χ1) is 8.53. The molecule has 4 nitrogen and oxygen atoms in total. The van der Waals surface area contributed by atoms with E-state index in [1.54, 1.807) is 25.3 Å². The van der Waals surface area contributed by atoms with Gasteiger partial charge >= 0.3 is 0 Å². The third-order valence-electron chi connectivity index (χ3n) is 2.19. The van der Waals surface area contributed by atoms with Crippen molar-refractivity contribution in [3.8, 4) is 17.6 Å². The van der Waals surface area contributed by atoms with Crippen LogP contribution in [-0.4, -0.2) is 19.2 Å². The van der Waals surface area contributed by atoms with Gasteiger partial charge in [0.1, 0.15) is 22.6 Å². The summed E-state index contributed by atoms with van der Waals surface area (Å²) in [6, 6.07) is 5.43. The highest BCUT2D eigenvalue weighted by atomic mass is 79.9. The van der Waals surface area contributed by atoms with Crippen LogP contribution in [0.3, 0.4) is 0 Å². The lowest BCUT2D eigenvalue weighted by Crippen LogP contribution is -2.09. The highest BCUT2D eigenvalue weighted by molar-refractivity contribution is 9.10. The second-order valence-electron chi connectivity index (χ2n) is 3.26. The zero-order chi connectivity index (χ0) is 13.7. The van der Waals surface area contributed by atoms with E-state index in [1.807, 2.05) is 6.07 Å². The Balaban J connectivity index is 3.37. The van der Waals surface area contributed by atoms with Gasteiger partial charge in [-0.25, -0.2) is 0 Å². The van der Waals surface area contributed by atoms with Crippen LogP contribution in [0.2, 0.25) is 0 Å². The van der Waals surface area contributed by atoms with Crippen LogP contribution >= 0.6 is 28.1 Å². The van der Waals surface area contributed by atoms with Crippen molar-refractivity contribution in [2.24, 2.45) is 5.73 Å². The van der Waals surface area contributed by atoms with Gasteiger partial charge in [0.2, 0.25) is 0 Å². The minimum absolute atomic E-state index is 0.0477. The molecule has 0 aliphatic rings. The van der Waals surface area contributed by atoms with Gasteiger partial charge in [0, 0.05) is 11.6 Å². The molecular weight excluding hydrogens is 316 g/mol. The van der Waals surface area contributed by atoms with Gasteiger partial charge in [-0.15, -0.1) is 0 Å². The van der Waals surface area contributed by atoms with Crippen molar-refractivity contribution in [3.63, 3.8) is 0 Å². The van der Waals surface area contributed by atoms with E-state index >= 15 is 0 Å². The van der Waals surface area contributed by atoms with Crippen LogP contribution in [0.25, 0.3) is 6.08 Å². The number of hydrogen-bond acceptors (Lipinski definition) is 4. The monoisotopic (exact) mass is 326 g/mol. The molecule has 0 saturated carbocycles. The molecule has 0 aromatic heterocycles. The van der Waals surface area contributed by atoms with Crippen LogP contribution in [0, 0.1) is 11.3 Å². The molecule has 0 aliphatic heterocycles. The number of thiocarbonyl (C=S) groups is 1. The van der Waals surface area contributed by atoms with E-state index in [9.17, 15) is 0 Å². The van der Waals surface area contributed by atoms with E-state index in [-0.39, 0.29) is 10.6 Å². The standard InChI is InChI=1S/C12H11BrN2O2S/c1-16-10-5-11(17-2)9(13)4-7(10)3-8(6-14)12(15)18/h3-5H,1-2H3,(H2,15,18). The first kappa shape index (κ1) is 14.5. The molecule has 1 aromatic rings. The SMILES string of the molecule is COc1cc(OC)c(C=C(C#N)C(N)=S)cc1Br. The molecular formula is C12H11BrN2O2S. The smallest absolute Gasteiger partial charge is 0.136 e. The maximum Gasteiger partial charge on any atom is 0.136 e. The number of halogens is 1. The molecule has 0 atom stereocenters. The van der Waals surface area contributed by atoms with Crippen LogP contribution in [0.1, 0.15) is 5.56 Å². The normalized spacial score (nSPS) is 10.7. The summed E-state index contributed by atoms with van der Waals surface area (Å²) in [6.45, 7) is 0. The molecule has 0 aliphatic carbocycles. The van der Waals surface area contributed by atoms with Gasteiger partial charge in [0.25, 0.3) is 0 Å². The van der Waals surface area contributed by atoms with Crippen LogP contribution < -0.4 is 15.2 Å². The second-order valence-corrected chi connectivity index (χ2v) is 4.56. The second kappa shape index (κ2) is 6.38. The molecule has 0 radical (unpaired) electrons. The van der Waals surface area contributed by atoms with Gasteiger partial charge in [-0.3, -0.25) is 0 Å². The number of methoxy groups -OCH3 is 2. The van der Waals surface area contributed by atoms with Gasteiger partial charge in [0.05, 0.1) is 24.3 Å². The molecule has 0 fully saturated rings. The molecule has 0 unspecified atom stereocenters. The Kier molecular flexibility index (Phi) is 5.13. The Labute approximate surface area is 119 Å². The molecule has 0 amide bonds. The molecule has 0 saturated heterocycles. The molecule has 1 rings (SSSR count). The fourth-order valence-electron chi connectivity index (χ4n) is 1.31. The summed E-state index contributed by atoms with van der Waals surface area (Å²) in [7, 11) is 3.09. The van der Waals surface area contributed by atoms with Crippen molar-refractivity contribution in [2.75, 3.05) is 14.2 Å². The summed E-state index contributed by atoms with van der Waals surface area (Å²) >= 11 is 8.15. The summed E-state index contributed by atoms with van der Waals surface area (Å²) in [6.07, 6.45) is 1.57. The van der Waals surface area contributed by atoms with E-state index in [1.165, 1.54) is 7.11 Å². The fraction of sp³-hybridized carbons (Fsp3) is 0.167. The number of hydrogen-bond donors (Lipinski definition) is 1. The highest BCUT2D eigenvalue weighted by Crippen LogP contribution is 2.33. The van der Waals surface area contributed by atoms with Crippen LogP contribution in [0.15, 0.2) is 22.2 Å². The van der Waals surface area contributed by atoms with Crippen LogP contribution in [-0.2, 0) is 0 Å². The molecule has 0 heterocycles. The Bertz CT molecular complexity index is 550. The minimum atomic E-state index is 0.0477. The molecule has 18 heavy (non-hydrogen) atoms. The molecule has 2 N–H and O–H groups in total. The van der Waals surface area contributed by atoms with Crippen molar-refractivity contribution >= 4 is 39.2 Å². The third-order valence-corrected chi connectivity index (χ3v) is 3.03. The molecule has 0 bridgehead atoms. The fourth-order valence-corrected chi connectivity index (χ4v) is 1.94. The van der Waals surface area contributed by atoms with E-state index < -0.39 is 0 Å². The topological polar surface area (TPSA) is 68.3 Å². The van der Waals surface area contributed by atoms with Crippen molar-refractivity contribution in [2.45, 2.75) is 0 Å². The number of ether oxygens (including phenoxy) is 2. The number of nitrogens with zero attached hydrogens (tertiary/aromatic N) is 1. The zero-order valence-electron chi connectivity index (χ0n) is 9.86. The largest absolute Gasteiger partial charge is 0.496 e. The predicted molar refractivity (Wildman–Crippen MR) is 77.6 cm³/mol. The first-order valence-corrected chi connectivity index (χ1v) is 6.06. The van der Waals surface area contributed by atoms with Crippen molar-refractivity contribution in [3.05, 3.63) is 27.7 Å². The van der Waals surface area contributed by atoms with Crippen molar-refractivity contribution in [1.29, 1.82) is 5.26 Å². The van der Waals surface area contributed by atoms with Gasteiger partial charge < -0.3 is 15.2 Å². The quantitative estimate of drug-likeness (QED) is 0.523. The molecule has 94 valence electrons. The third kappa shape index (κ3) is 3.22. The summed E-state index contributed by atoms with van der Waals surface area (Å²) < 4.78 is 11.1. The maximum absolute atomic E-state index is 8.93. The summed E-state index contributed by atoms with van der Waals surface area (Å²) in [5, 5.41) is 8.93.